The van der Waals surface area contributed by atoms with Crippen LogP contribution in [0.1, 0.15) is 35.6 Å². The van der Waals surface area contributed by atoms with Crippen LogP contribution in [0.3, 0.4) is 0 Å². The van der Waals surface area contributed by atoms with Crippen LogP contribution in [0, 0.1) is 6.92 Å². The smallest absolute Gasteiger partial charge is 0.320 e. The van der Waals surface area contributed by atoms with Crippen LogP contribution in [0.2, 0.25) is 0 Å². The maximum atomic E-state index is 11.7. The van der Waals surface area contributed by atoms with Gasteiger partial charge in [-0.3, -0.25) is 9.69 Å². The summed E-state index contributed by atoms with van der Waals surface area (Å²) < 4.78 is 0. The number of carboxylic acids is 1. The molecule has 0 saturated carbocycles. The molecule has 1 N–H and O–H groups in total. The third-order valence-electron chi connectivity index (χ3n) is 4.99. The van der Waals surface area contributed by atoms with Crippen LogP contribution in [-0.2, 0) is 4.79 Å². The van der Waals surface area contributed by atoms with Crippen molar-refractivity contribution in [3.63, 3.8) is 0 Å². The first-order valence-electron chi connectivity index (χ1n) is 8.80. The van der Waals surface area contributed by atoms with Crippen molar-refractivity contribution in [2.75, 3.05) is 25.5 Å². The highest BCUT2D eigenvalue weighted by Gasteiger charge is 2.36. The first-order valence-corrected chi connectivity index (χ1v) is 8.80. The highest BCUT2D eigenvalue weighted by Crippen LogP contribution is 2.35. The van der Waals surface area contributed by atoms with Crippen molar-refractivity contribution in [2.24, 2.45) is 0 Å². The summed E-state index contributed by atoms with van der Waals surface area (Å²) in [6, 6.07) is 16.4. The Labute approximate surface area is 149 Å². The molecule has 2 aromatic carbocycles. The second kappa shape index (κ2) is 7.28. The van der Waals surface area contributed by atoms with E-state index in [-0.39, 0.29) is 6.04 Å². The number of rotatable bonds is 5. The highest BCUT2D eigenvalue weighted by molar-refractivity contribution is 5.74. The fourth-order valence-electron chi connectivity index (χ4n) is 3.73. The van der Waals surface area contributed by atoms with Gasteiger partial charge in [0.25, 0.3) is 0 Å². The van der Waals surface area contributed by atoms with E-state index in [0.29, 0.717) is 6.42 Å². The molecule has 0 bridgehead atoms. The van der Waals surface area contributed by atoms with Crippen molar-refractivity contribution in [1.82, 2.24) is 4.90 Å². The molecule has 4 heteroatoms. The van der Waals surface area contributed by atoms with Gasteiger partial charge < -0.3 is 10.0 Å². The molecule has 0 aliphatic carbocycles. The Hall–Kier alpha value is -2.33. The standard InChI is InChI=1S/C21H26N2O2/c1-15-6-4-7-17(14-15)20(23-13-5-8-19(23)21(24)25)16-9-11-18(12-10-16)22(2)3/h4,6-7,9-12,14,19-20H,5,8,13H2,1-3H3,(H,24,25). The summed E-state index contributed by atoms with van der Waals surface area (Å²) in [7, 11) is 4.04. The van der Waals surface area contributed by atoms with Gasteiger partial charge in [0.1, 0.15) is 6.04 Å². The fraction of sp³-hybridized carbons (Fsp3) is 0.381. The summed E-state index contributed by atoms with van der Waals surface area (Å²) in [5, 5.41) is 9.65. The molecular formula is C21H26N2O2. The zero-order chi connectivity index (χ0) is 18.0. The quantitative estimate of drug-likeness (QED) is 0.903. The minimum atomic E-state index is -0.722. The first kappa shape index (κ1) is 17.5. The number of aliphatic carboxylic acids is 1. The number of carboxylic acid groups (broad SMARTS) is 1. The van der Waals surface area contributed by atoms with Crippen molar-refractivity contribution in [3.8, 4) is 0 Å². The van der Waals surface area contributed by atoms with Gasteiger partial charge in [0.05, 0.1) is 6.04 Å². The number of likely N-dealkylation sites (tertiary alicyclic amines) is 1. The molecule has 4 nitrogen and oxygen atoms in total. The van der Waals surface area contributed by atoms with Gasteiger partial charge in [0.2, 0.25) is 0 Å². The fourth-order valence-corrected chi connectivity index (χ4v) is 3.73. The van der Waals surface area contributed by atoms with Crippen LogP contribution >= 0.6 is 0 Å². The molecule has 0 amide bonds. The number of hydrogen-bond acceptors (Lipinski definition) is 3. The minimum Gasteiger partial charge on any atom is -0.480 e. The Balaban J connectivity index is 2.04. The average molecular weight is 338 g/mol. The molecule has 1 aliphatic heterocycles. The van der Waals surface area contributed by atoms with E-state index in [1.165, 1.54) is 5.56 Å². The lowest BCUT2D eigenvalue weighted by molar-refractivity contribution is -0.142. The molecule has 0 spiro atoms. The maximum Gasteiger partial charge on any atom is 0.320 e. The molecule has 25 heavy (non-hydrogen) atoms. The zero-order valence-corrected chi connectivity index (χ0v) is 15.1. The van der Waals surface area contributed by atoms with Crippen molar-refractivity contribution in [2.45, 2.75) is 31.8 Å². The normalized spacial score (nSPS) is 18.9. The maximum absolute atomic E-state index is 11.7. The lowest BCUT2D eigenvalue weighted by Crippen LogP contribution is -2.39. The molecule has 3 rings (SSSR count). The van der Waals surface area contributed by atoms with Crippen molar-refractivity contribution in [1.29, 1.82) is 0 Å². The van der Waals surface area contributed by atoms with Crippen molar-refractivity contribution < 1.29 is 9.90 Å². The Kier molecular flexibility index (Phi) is 5.09. The number of carbonyl (C=O) groups is 1. The second-order valence-electron chi connectivity index (χ2n) is 7.04. The summed E-state index contributed by atoms with van der Waals surface area (Å²) in [5.41, 5.74) is 4.64. The number of hydrogen-bond donors (Lipinski definition) is 1. The van der Waals surface area contributed by atoms with Gasteiger partial charge in [-0.15, -0.1) is 0 Å². The Morgan fingerprint density at radius 1 is 1.16 bits per heavy atom. The van der Waals surface area contributed by atoms with Crippen LogP contribution in [-0.4, -0.2) is 42.7 Å². The summed E-state index contributed by atoms with van der Waals surface area (Å²) in [6.07, 6.45) is 1.64. The Morgan fingerprint density at radius 3 is 2.48 bits per heavy atom. The molecule has 2 atom stereocenters. The van der Waals surface area contributed by atoms with E-state index >= 15 is 0 Å². The molecule has 1 aliphatic rings. The first-order chi connectivity index (χ1) is 12.0. The largest absolute Gasteiger partial charge is 0.480 e. The summed E-state index contributed by atoms with van der Waals surface area (Å²) in [4.78, 5) is 16.0. The predicted octanol–water partition coefficient (Wildman–Crippen LogP) is 3.70. The average Bonchev–Trinajstić information content (AvgIpc) is 3.05. The summed E-state index contributed by atoms with van der Waals surface area (Å²) >= 11 is 0. The van der Waals surface area contributed by atoms with E-state index in [9.17, 15) is 9.90 Å². The monoisotopic (exact) mass is 338 g/mol. The summed E-state index contributed by atoms with van der Waals surface area (Å²) in [6.45, 7) is 2.89. The molecule has 1 heterocycles. The van der Waals surface area contributed by atoms with Crippen LogP contribution in [0.4, 0.5) is 5.69 Å². The SMILES string of the molecule is Cc1cccc(C(c2ccc(N(C)C)cc2)N2CCCC2C(=O)O)c1. The predicted molar refractivity (Wildman–Crippen MR) is 101 cm³/mol. The van der Waals surface area contributed by atoms with Gasteiger partial charge in [-0.1, -0.05) is 42.0 Å². The number of aryl methyl sites for hydroxylation is 1. The lowest BCUT2D eigenvalue weighted by Gasteiger charge is -2.32. The van der Waals surface area contributed by atoms with E-state index in [4.69, 9.17) is 0 Å². The third kappa shape index (κ3) is 3.69. The van der Waals surface area contributed by atoms with Gasteiger partial charge in [-0.2, -0.15) is 0 Å². The van der Waals surface area contributed by atoms with Gasteiger partial charge in [-0.25, -0.2) is 0 Å². The molecular weight excluding hydrogens is 312 g/mol. The summed E-state index contributed by atoms with van der Waals surface area (Å²) in [5.74, 6) is -0.722. The van der Waals surface area contributed by atoms with Crippen LogP contribution in [0.15, 0.2) is 48.5 Å². The molecule has 2 aromatic rings. The second-order valence-corrected chi connectivity index (χ2v) is 7.04. The van der Waals surface area contributed by atoms with E-state index in [2.05, 4.69) is 65.3 Å². The molecule has 2 unspecified atom stereocenters. The van der Waals surface area contributed by atoms with Crippen LogP contribution < -0.4 is 4.90 Å². The topological polar surface area (TPSA) is 43.8 Å². The molecule has 0 radical (unpaired) electrons. The van der Waals surface area contributed by atoms with Gasteiger partial charge in [0, 0.05) is 26.3 Å². The van der Waals surface area contributed by atoms with Crippen molar-refractivity contribution in [3.05, 3.63) is 65.2 Å². The molecule has 1 fully saturated rings. The number of anilines is 1. The lowest BCUT2D eigenvalue weighted by atomic mass is 9.95. The number of benzene rings is 2. The van der Waals surface area contributed by atoms with Gasteiger partial charge in [-0.05, 0) is 43.0 Å². The zero-order valence-electron chi connectivity index (χ0n) is 15.1. The Morgan fingerprint density at radius 2 is 1.88 bits per heavy atom. The molecule has 132 valence electrons. The molecule has 1 saturated heterocycles. The van der Waals surface area contributed by atoms with Gasteiger partial charge >= 0.3 is 5.97 Å². The minimum absolute atomic E-state index is 0.0280. The van der Waals surface area contributed by atoms with Crippen LogP contribution in [0.25, 0.3) is 0 Å². The highest BCUT2D eigenvalue weighted by atomic mass is 16.4. The van der Waals surface area contributed by atoms with Crippen LogP contribution in [0.5, 0.6) is 0 Å². The van der Waals surface area contributed by atoms with Gasteiger partial charge in [0.15, 0.2) is 0 Å². The van der Waals surface area contributed by atoms with E-state index in [1.54, 1.807) is 0 Å². The molecule has 0 aromatic heterocycles. The van der Waals surface area contributed by atoms with Crippen molar-refractivity contribution >= 4 is 11.7 Å². The third-order valence-corrected chi connectivity index (χ3v) is 4.99. The number of nitrogens with zero attached hydrogens (tertiary/aromatic N) is 2. The van der Waals surface area contributed by atoms with E-state index in [1.807, 2.05) is 14.1 Å². The Bertz CT molecular complexity index is 740. The van der Waals surface area contributed by atoms with E-state index < -0.39 is 12.0 Å². The van der Waals surface area contributed by atoms with E-state index in [0.717, 1.165) is 29.8 Å².